The van der Waals surface area contributed by atoms with Gasteiger partial charge in [-0.15, -0.1) is 0 Å². The first-order valence-corrected chi connectivity index (χ1v) is 10.3. The van der Waals surface area contributed by atoms with Crippen LogP contribution in [0.5, 0.6) is 5.75 Å². The first-order chi connectivity index (χ1) is 14.3. The lowest BCUT2D eigenvalue weighted by Crippen LogP contribution is -2.50. The molecule has 3 N–H and O–H groups in total. The normalized spacial score (nSPS) is 13.4. The fourth-order valence-electron chi connectivity index (χ4n) is 3.06. The Kier molecular flexibility index (Phi) is 9.15. The Labute approximate surface area is 179 Å². The molecule has 6 heteroatoms. The van der Waals surface area contributed by atoms with Crippen LogP contribution in [-0.2, 0) is 17.6 Å². The highest BCUT2D eigenvalue weighted by Gasteiger charge is 2.24. The van der Waals surface area contributed by atoms with Crippen LogP contribution in [0.15, 0.2) is 54.6 Å². The second-order valence-corrected chi connectivity index (χ2v) is 8.32. The number of carbonyl (C=O) groups excluding carboxylic acids is 1. The quantitative estimate of drug-likeness (QED) is 0.520. The molecular weight excluding hydrogens is 380 g/mol. The Bertz CT molecular complexity index is 774. The van der Waals surface area contributed by atoms with E-state index in [1.54, 1.807) is 7.11 Å². The van der Waals surface area contributed by atoms with Crippen LogP contribution in [0.25, 0.3) is 0 Å². The summed E-state index contributed by atoms with van der Waals surface area (Å²) >= 11 is 0. The maximum absolute atomic E-state index is 12.3. The zero-order chi connectivity index (χ0) is 22.0. The predicted octanol–water partition coefficient (Wildman–Crippen LogP) is 3.32. The van der Waals surface area contributed by atoms with Gasteiger partial charge in [-0.3, -0.25) is 0 Å². The van der Waals surface area contributed by atoms with E-state index in [1.807, 2.05) is 75.4 Å². The van der Waals surface area contributed by atoms with Crippen LogP contribution < -0.4 is 15.4 Å². The van der Waals surface area contributed by atoms with Gasteiger partial charge in [0.25, 0.3) is 0 Å². The van der Waals surface area contributed by atoms with E-state index in [9.17, 15) is 9.90 Å². The predicted molar refractivity (Wildman–Crippen MR) is 119 cm³/mol. The van der Waals surface area contributed by atoms with Gasteiger partial charge >= 0.3 is 6.09 Å². The molecule has 0 saturated carbocycles. The summed E-state index contributed by atoms with van der Waals surface area (Å²) in [4.78, 5) is 12.3. The summed E-state index contributed by atoms with van der Waals surface area (Å²) in [5.41, 5.74) is 1.60. The number of alkyl carbamates (subject to hydrolysis) is 1. The largest absolute Gasteiger partial charge is 0.497 e. The lowest BCUT2D eigenvalue weighted by molar-refractivity contribution is 0.0423. The van der Waals surface area contributed by atoms with E-state index in [-0.39, 0.29) is 0 Å². The van der Waals surface area contributed by atoms with Crippen molar-refractivity contribution in [3.63, 3.8) is 0 Å². The van der Waals surface area contributed by atoms with E-state index >= 15 is 0 Å². The second-order valence-electron chi connectivity index (χ2n) is 8.32. The Morgan fingerprint density at radius 3 is 2.43 bits per heavy atom. The minimum Gasteiger partial charge on any atom is -0.497 e. The number of amides is 1. The van der Waals surface area contributed by atoms with E-state index < -0.39 is 23.8 Å². The van der Waals surface area contributed by atoms with E-state index in [4.69, 9.17) is 9.47 Å². The van der Waals surface area contributed by atoms with E-state index in [1.165, 1.54) is 0 Å². The standard InChI is InChI=1S/C24H34N2O4/c1-24(2,3)30-23(28)26-21(16-18-9-6-5-7-10-18)22(27)17-25-14-13-19-11-8-12-20(15-19)29-4/h5-12,15,21-22,25,27H,13-14,16-17H2,1-4H3,(H,26,28)/t21-,22-/m0/s1. The molecule has 0 heterocycles. The summed E-state index contributed by atoms with van der Waals surface area (Å²) in [7, 11) is 1.65. The van der Waals surface area contributed by atoms with E-state index in [0.717, 1.165) is 23.3 Å². The van der Waals surface area contributed by atoms with Crippen molar-refractivity contribution in [2.24, 2.45) is 0 Å². The van der Waals surface area contributed by atoms with E-state index in [0.29, 0.717) is 19.5 Å². The summed E-state index contributed by atoms with van der Waals surface area (Å²) in [5, 5.41) is 16.8. The Morgan fingerprint density at radius 1 is 1.07 bits per heavy atom. The first-order valence-electron chi connectivity index (χ1n) is 10.3. The molecule has 164 valence electrons. The third-order valence-electron chi connectivity index (χ3n) is 4.54. The van der Waals surface area contributed by atoms with Gasteiger partial charge in [0.05, 0.1) is 19.3 Å². The zero-order valence-electron chi connectivity index (χ0n) is 18.4. The molecule has 0 bridgehead atoms. The average molecular weight is 415 g/mol. The first kappa shape index (κ1) is 23.7. The number of aliphatic hydroxyl groups excluding tert-OH is 1. The fraction of sp³-hybridized carbons (Fsp3) is 0.458. The highest BCUT2D eigenvalue weighted by atomic mass is 16.6. The number of aliphatic hydroxyl groups is 1. The molecule has 1 amide bonds. The summed E-state index contributed by atoms with van der Waals surface area (Å²) in [6.45, 7) is 6.51. The van der Waals surface area contributed by atoms with Crippen molar-refractivity contribution in [1.82, 2.24) is 10.6 Å². The smallest absolute Gasteiger partial charge is 0.407 e. The van der Waals surface area contributed by atoms with Crippen molar-refractivity contribution in [1.29, 1.82) is 0 Å². The van der Waals surface area contributed by atoms with Crippen molar-refractivity contribution >= 4 is 6.09 Å². The van der Waals surface area contributed by atoms with Crippen molar-refractivity contribution < 1.29 is 19.4 Å². The molecule has 0 fully saturated rings. The van der Waals surface area contributed by atoms with Crippen LogP contribution in [0.1, 0.15) is 31.9 Å². The molecule has 0 spiro atoms. The lowest BCUT2D eigenvalue weighted by Gasteiger charge is -2.27. The minimum atomic E-state index is -0.761. The van der Waals surface area contributed by atoms with Crippen LogP contribution >= 0.6 is 0 Å². The maximum Gasteiger partial charge on any atom is 0.407 e. The Balaban J connectivity index is 1.90. The number of hydrogen-bond acceptors (Lipinski definition) is 5. The molecule has 0 radical (unpaired) electrons. The molecule has 30 heavy (non-hydrogen) atoms. The van der Waals surface area contributed by atoms with Gasteiger partial charge in [0.1, 0.15) is 11.4 Å². The third-order valence-corrected chi connectivity index (χ3v) is 4.54. The summed E-state index contributed by atoms with van der Waals surface area (Å²) < 4.78 is 10.6. The van der Waals surface area contributed by atoms with Gasteiger partial charge in [-0.05, 0) is 63.4 Å². The molecule has 2 aromatic carbocycles. The number of rotatable bonds is 10. The molecule has 6 nitrogen and oxygen atoms in total. The van der Waals surface area contributed by atoms with Gasteiger partial charge in [0, 0.05) is 6.54 Å². The summed E-state index contributed by atoms with van der Waals surface area (Å²) in [6, 6.07) is 17.2. The van der Waals surface area contributed by atoms with Crippen LogP contribution in [0.3, 0.4) is 0 Å². The van der Waals surface area contributed by atoms with Gasteiger partial charge in [0.2, 0.25) is 0 Å². The molecule has 2 rings (SSSR count). The maximum atomic E-state index is 12.3. The molecule has 0 unspecified atom stereocenters. The van der Waals surface area contributed by atoms with Crippen molar-refractivity contribution in [3.8, 4) is 5.75 Å². The molecule has 0 aliphatic carbocycles. The summed E-state index contributed by atoms with van der Waals surface area (Å²) in [6.07, 6.45) is 0.0351. The SMILES string of the molecule is COc1cccc(CCNC[C@H](O)[C@H](Cc2ccccc2)NC(=O)OC(C)(C)C)c1. The number of carbonyl (C=O) groups is 1. The highest BCUT2D eigenvalue weighted by Crippen LogP contribution is 2.13. The number of methoxy groups -OCH3 is 1. The molecule has 2 atom stereocenters. The third kappa shape index (κ3) is 8.84. The van der Waals surface area contributed by atoms with Crippen LogP contribution in [0.2, 0.25) is 0 Å². The van der Waals surface area contributed by atoms with Gasteiger partial charge in [-0.25, -0.2) is 4.79 Å². The molecule has 0 saturated heterocycles. The molecule has 0 aromatic heterocycles. The zero-order valence-corrected chi connectivity index (χ0v) is 18.4. The molecule has 2 aromatic rings. The fourth-order valence-corrected chi connectivity index (χ4v) is 3.06. The van der Waals surface area contributed by atoms with Gasteiger partial charge in [-0.2, -0.15) is 0 Å². The van der Waals surface area contributed by atoms with Crippen LogP contribution in [0.4, 0.5) is 4.79 Å². The van der Waals surface area contributed by atoms with Gasteiger partial charge < -0.3 is 25.2 Å². The van der Waals surface area contributed by atoms with Crippen molar-refractivity contribution in [2.75, 3.05) is 20.2 Å². The highest BCUT2D eigenvalue weighted by molar-refractivity contribution is 5.68. The van der Waals surface area contributed by atoms with Gasteiger partial charge in [0.15, 0.2) is 0 Å². The minimum absolute atomic E-state index is 0.358. The summed E-state index contributed by atoms with van der Waals surface area (Å²) in [5.74, 6) is 0.831. The van der Waals surface area contributed by atoms with Crippen LogP contribution in [0, 0.1) is 0 Å². The molecule has 0 aliphatic heterocycles. The van der Waals surface area contributed by atoms with Crippen molar-refractivity contribution in [3.05, 3.63) is 65.7 Å². The second kappa shape index (κ2) is 11.6. The molecular formula is C24H34N2O4. The van der Waals surface area contributed by atoms with Crippen LogP contribution in [-0.4, -0.2) is 49.1 Å². The van der Waals surface area contributed by atoms with E-state index in [2.05, 4.69) is 10.6 Å². The number of benzene rings is 2. The Hall–Kier alpha value is -2.57. The molecule has 0 aliphatic rings. The number of nitrogens with one attached hydrogen (secondary N) is 2. The topological polar surface area (TPSA) is 79.8 Å². The monoisotopic (exact) mass is 414 g/mol. The number of hydrogen-bond donors (Lipinski definition) is 3. The Morgan fingerprint density at radius 2 is 1.77 bits per heavy atom. The number of ether oxygens (including phenoxy) is 2. The lowest BCUT2D eigenvalue weighted by atomic mass is 10.0. The van der Waals surface area contributed by atoms with Crippen molar-refractivity contribution in [2.45, 2.75) is 51.4 Å². The average Bonchev–Trinajstić information content (AvgIpc) is 2.70. The van der Waals surface area contributed by atoms with Gasteiger partial charge in [-0.1, -0.05) is 42.5 Å².